The van der Waals surface area contributed by atoms with Gasteiger partial charge in [0.2, 0.25) is 0 Å². The smallest absolute Gasteiger partial charge is 0.281 e. The summed E-state index contributed by atoms with van der Waals surface area (Å²) in [7, 11) is 2.87. The molecule has 3 aromatic heterocycles. The van der Waals surface area contributed by atoms with Crippen molar-refractivity contribution in [3.05, 3.63) is 91.6 Å². The molecule has 30 heavy (non-hydrogen) atoms. The number of hydrogen-bond donors (Lipinski definition) is 0. The van der Waals surface area contributed by atoms with Crippen LogP contribution >= 0.6 is 0 Å². The molecule has 5 aromatic rings. The minimum atomic E-state index is -0.578. The Balaban J connectivity index is 2.17. The fraction of sp³-hybridized carbons (Fsp3) is 0.0909. The first-order valence-corrected chi connectivity index (χ1v) is 9.18. The van der Waals surface area contributed by atoms with Crippen molar-refractivity contribution in [3.63, 3.8) is 0 Å². The summed E-state index contributed by atoms with van der Waals surface area (Å²) in [6, 6.07) is 14.4. The number of rotatable bonds is 1. The first-order chi connectivity index (χ1) is 14.4. The van der Waals surface area contributed by atoms with Gasteiger partial charge in [-0.3, -0.25) is 23.3 Å². The van der Waals surface area contributed by atoms with E-state index in [-0.39, 0.29) is 21.9 Å². The normalized spacial score (nSPS) is 11.6. The predicted octanol–water partition coefficient (Wildman–Crippen LogP) is 2.23. The molecule has 0 saturated carbocycles. The van der Waals surface area contributed by atoms with Crippen LogP contribution in [-0.2, 0) is 14.1 Å². The van der Waals surface area contributed by atoms with Crippen molar-refractivity contribution in [2.45, 2.75) is 0 Å². The second-order valence-electron chi connectivity index (χ2n) is 7.10. The summed E-state index contributed by atoms with van der Waals surface area (Å²) in [5.74, 6) is -0.475. The lowest BCUT2D eigenvalue weighted by atomic mass is 10.1. The minimum Gasteiger partial charge on any atom is -0.281 e. The van der Waals surface area contributed by atoms with Crippen LogP contribution in [0.5, 0.6) is 0 Å². The molecule has 3 heterocycles. The number of para-hydroxylation sites is 1. The Kier molecular flexibility index (Phi) is 3.73. The SMILES string of the molecule is Cn1c(=O)c2c3nc4cc(F)ccc4cc3c(=O)n(-c3ccccc3)c2n(C)c1=O. The van der Waals surface area contributed by atoms with Crippen LogP contribution in [0.1, 0.15) is 0 Å². The minimum absolute atomic E-state index is 0.115. The summed E-state index contributed by atoms with van der Waals surface area (Å²) in [5.41, 5.74) is -0.473. The molecule has 0 unspecified atom stereocenters. The molecule has 0 aliphatic rings. The van der Waals surface area contributed by atoms with Crippen molar-refractivity contribution < 1.29 is 4.39 Å². The van der Waals surface area contributed by atoms with Gasteiger partial charge in [-0.25, -0.2) is 14.2 Å². The number of benzene rings is 2. The van der Waals surface area contributed by atoms with Gasteiger partial charge in [0.1, 0.15) is 16.9 Å². The maximum Gasteiger partial charge on any atom is 0.332 e. The van der Waals surface area contributed by atoms with Gasteiger partial charge in [-0.15, -0.1) is 0 Å². The highest BCUT2D eigenvalue weighted by molar-refractivity contribution is 6.06. The topological polar surface area (TPSA) is 78.9 Å². The Morgan fingerprint density at radius 1 is 0.867 bits per heavy atom. The maximum absolute atomic E-state index is 13.8. The zero-order valence-electron chi connectivity index (χ0n) is 16.1. The van der Waals surface area contributed by atoms with Crippen molar-refractivity contribution in [2.24, 2.45) is 14.1 Å². The molecule has 2 aromatic carbocycles. The first-order valence-electron chi connectivity index (χ1n) is 9.18. The second-order valence-corrected chi connectivity index (χ2v) is 7.10. The average molecular weight is 402 g/mol. The summed E-state index contributed by atoms with van der Waals surface area (Å²) in [6.45, 7) is 0. The van der Waals surface area contributed by atoms with Gasteiger partial charge in [-0.1, -0.05) is 18.2 Å². The largest absolute Gasteiger partial charge is 0.332 e. The van der Waals surface area contributed by atoms with Crippen molar-refractivity contribution in [1.82, 2.24) is 18.7 Å². The number of nitrogens with zero attached hydrogens (tertiary/aromatic N) is 4. The zero-order valence-corrected chi connectivity index (χ0v) is 16.1. The molecule has 0 N–H and O–H groups in total. The summed E-state index contributed by atoms with van der Waals surface area (Å²) in [6.07, 6.45) is 0. The van der Waals surface area contributed by atoms with E-state index in [9.17, 15) is 18.8 Å². The number of aryl methyl sites for hydroxylation is 1. The van der Waals surface area contributed by atoms with E-state index >= 15 is 0 Å². The van der Waals surface area contributed by atoms with Crippen LogP contribution in [0.2, 0.25) is 0 Å². The zero-order chi connectivity index (χ0) is 21.2. The van der Waals surface area contributed by atoms with Crippen molar-refractivity contribution >= 4 is 32.8 Å². The highest BCUT2D eigenvalue weighted by Crippen LogP contribution is 2.24. The second kappa shape index (κ2) is 6.21. The summed E-state index contributed by atoms with van der Waals surface area (Å²) in [5, 5.41) is 0.895. The highest BCUT2D eigenvalue weighted by atomic mass is 19.1. The number of pyridine rings is 2. The molecule has 0 aliphatic heterocycles. The Hall–Kier alpha value is -4.07. The molecule has 148 valence electrons. The molecule has 0 spiro atoms. The van der Waals surface area contributed by atoms with Gasteiger partial charge < -0.3 is 0 Å². The quantitative estimate of drug-likeness (QED) is 0.318. The van der Waals surface area contributed by atoms with Crippen LogP contribution in [0.15, 0.2) is 69.0 Å². The van der Waals surface area contributed by atoms with Crippen molar-refractivity contribution in [3.8, 4) is 5.69 Å². The lowest BCUT2D eigenvalue weighted by Crippen LogP contribution is -2.39. The van der Waals surface area contributed by atoms with E-state index < -0.39 is 22.6 Å². The molecular weight excluding hydrogens is 387 g/mol. The average Bonchev–Trinajstić information content (AvgIpc) is 2.75. The van der Waals surface area contributed by atoms with E-state index in [0.29, 0.717) is 16.6 Å². The molecule has 7 nitrogen and oxygen atoms in total. The van der Waals surface area contributed by atoms with Gasteiger partial charge in [-0.2, -0.15) is 0 Å². The Bertz CT molecular complexity index is 1680. The van der Waals surface area contributed by atoms with Crippen LogP contribution in [0.4, 0.5) is 4.39 Å². The molecule has 0 radical (unpaired) electrons. The Labute approximate surface area is 167 Å². The molecule has 0 bridgehead atoms. The third kappa shape index (κ3) is 2.37. The Morgan fingerprint density at radius 3 is 2.33 bits per heavy atom. The molecule has 0 aliphatic carbocycles. The first kappa shape index (κ1) is 18.0. The molecule has 5 rings (SSSR count). The van der Waals surface area contributed by atoms with E-state index in [4.69, 9.17) is 0 Å². The fourth-order valence-corrected chi connectivity index (χ4v) is 3.83. The number of halogens is 1. The van der Waals surface area contributed by atoms with Gasteiger partial charge in [0.05, 0.1) is 22.1 Å². The third-order valence-corrected chi connectivity index (χ3v) is 5.31. The van der Waals surface area contributed by atoms with E-state index in [2.05, 4.69) is 4.98 Å². The van der Waals surface area contributed by atoms with Crippen LogP contribution < -0.4 is 16.8 Å². The predicted molar refractivity (Wildman–Crippen MR) is 113 cm³/mol. The van der Waals surface area contributed by atoms with Gasteiger partial charge in [0.25, 0.3) is 11.1 Å². The maximum atomic E-state index is 13.8. The third-order valence-electron chi connectivity index (χ3n) is 5.31. The molecule has 8 heteroatoms. The fourth-order valence-electron chi connectivity index (χ4n) is 3.83. The van der Waals surface area contributed by atoms with Crippen LogP contribution in [-0.4, -0.2) is 18.7 Å². The van der Waals surface area contributed by atoms with E-state index in [1.165, 1.54) is 41.4 Å². The number of hydrogen-bond acceptors (Lipinski definition) is 4. The molecule has 0 amide bonds. The van der Waals surface area contributed by atoms with Gasteiger partial charge in [0, 0.05) is 25.5 Å². The lowest BCUT2D eigenvalue weighted by Gasteiger charge is -2.16. The molecule has 0 fully saturated rings. The summed E-state index contributed by atoms with van der Waals surface area (Å²) >= 11 is 0. The van der Waals surface area contributed by atoms with Crippen LogP contribution in [0, 0.1) is 5.82 Å². The van der Waals surface area contributed by atoms with E-state index in [1.807, 2.05) is 0 Å². The van der Waals surface area contributed by atoms with Crippen molar-refractivity contribution in [2.75, 3.05) is 0 Å². The van der Waals surface area contributed by atoms with Gasteiger partial charge in [0.15, 0.2) is 0 Å². The summed E-state index contributed by atoms with van der Waals surface area (Å²) < 4.78 is 17.3. The number of fused-ring (bicyclic) bond motifs is 4. The molecule has 0 saturated heterocycles. The highest BCUT2D eigenvalue weighted by Gasteiger charge is 2.21. The van der Waals surface area contributed by atoms with E-state index in [1.54, 1.807) is 36.4 Å². The van der Waals surface area contributed by atoms with Crippen molar-refractivity contribution in [1.29, 1.82) is 0 Å². The lowest BCUT2D eigenvalue weighted by molar-refractivity contribution is 0.629. The van der Waals surface area contributed by atoms with Gasteiger partial charge >= 0.3 is 5.69 Å². The van der Waals surface area contributed by atoms with E-state index in [0.717, 1.165) is 4.57 Å². The monoisotopic (exact) mass is 402 g/mol. The van der Waals surface area contributed by atoms with Crippen LogP contribution in [0.3, 0.4) is 0 Å². The molecular formula is C22H15FN4O3. The standard InChI is InChI=1S/C22H15FN4O3/c1-25-19-17(21(29)26(2)22(25)30)18-15(10-12-8-9-13(23)11-16(12)24-18)20(28)27(19)14-6-4-3-5-7-14/h3-11H,1-2H3. The van der Waals surface area contributed by atoms with Gasteiger partial charge in [-0.05, 0) is 30.3 Å². The van der Waals surface area contributed by atoms with Crippen LogP contribution in [0.25, 0.3) is 38.5 Å². The Morgan fingerprint density at radius 2 is 1.60 bits per heavy atom. The molecule has 0 atom stereocenters. The summed E-state index contributed by atoms with van der Waals surface area (Å²) in [4.78, 5) is 43.8. The number of aromatic nitrogens is 4.